The quantitative estimate of drug-likeness (QED) is 0.663. The maximum absolute atomic E-state index is 12.3. The third-order valence-corrected chi connectivity index (χ3v) is 4.87. The van der Waals surface area contributed by atoms with Crippen molar-refractivity contribution in [3.8, 4) is 11.5 Å². The topological polar surface area (TPSA) is 68.0 Å². The van der Waals surface area contributed by atoms with Crippen molar-refractivity contribution in [3.05, 3.63) is 65.2 Å². The fraction of sp³-hybridized carbons (Fsp3) is 0.250. The van der Waals surface area contributed by atoms with Crippen LogP contribution in [0.1, 0.15) is 23.6 Å². The normalized spacial score (nSPS) is 12.0. The first-order valence-electron chi connectivity index (χ1n) is 8.42. The van der Waals surface area contributed by atoms with Crippen LogP contribution in [0.3, 0.4) is 0 Å². The number of amides is 1. The number of nitrogens with zero attached hydrogens (tertiary/aromatic N) is 2. The van der Waals surface area contributed by atoms with Crippen LogP contribution < -0.4 is 5.32 Å². The molecule has 0 saturated heterocycles. The van der Waals surface area contributed by atoms with Crippen LogP contribution in [0, 0.1) is 13.8 Å². The first-order chi connectivity index (χ1) is 12.5. The van der Waals surface area contributed by atoms with Gasteiger partial charge < -0.3 is 9.73 Å². The Bertz CT molecular complexity index is 873. The lowest BCUT2D eigenvalue weighted by molar-refractivity contribution is -0.120. The van der Waals surface area contributed by atoms with Crippen LogP contribution in [0.2, 0.25) is 0 Å². The summed E-state index contributed by atoms with van der Waals surface area (Å²) in [6, 6.07) is 16.0. The van der Waals surface area contributed by atoms with Gasteiger partial charge in [-0.15, -0.1) is 10.2 Å². The van der Waals surface area contributed by atoms with Gasteiger partial charge in [-0.2, -0.15) is 0 Å². The van der Waals surface area contributed by atoms with Gasteiger partial charge in [0.05, 0.1) is 5.25 Å². The molecule has 3 aromatic rings. The van der Waals surface area contributed by atoms with Crippen molar-refractivity contribution in [1.82, 2.24) is 15.5 Å². The van der Waals surface area contributed by atoms with E-state index in [4.69, 9.17) is 4.42 Å². The molecule has 0 aliphatic rings. The molecular formula is C20H21N3O2S. The summed E-state index contributed by atoms with van der Waals surface area (Å²) in [5.74, 6) is 0.394. The molecule has 0 spiro atoms. The maximum Gasteiger partial charge on any atom is 0.277 e. The third-order valence-electron chi connectivity index (χ3n) is 3.94. The Labute approximate surface area is 157 Å². The van der Waals surface area contributed by atoms with Crippen molar-refractivity contribution in [2.45, 2.75) is 37.8 Å². The second kappa shape index (κ2) is 8.19. The van der Waals surface area contributed by atoms with E-state index in [0.717, 1.165) is 11.1 Å². The molecule has 2 aromatic carbocycles. The van der Waals surface area contributed by atoms with Crippen LogP contribution in [0.4, 0.5) is 0 Å². The van der Waals surface area contributed by atoms with Crippen molar-refractivity contribution < 1.29 is 9.21 Å². The van der Waals surface area contributed by atoms with E-state index < -0.39 is 0 Å². The lowest BCUT2D eigenvalue weighted by Crippen LogP contribution is -2.30. The van der Waals surface area contributed by atoms with Crippen LogP contribution in [0.5, 0.6) is 0 Å². The van der Waals surface area contributed by atoms with Gasteiger partial charge >= 0.3 is 0 Å². The number of carbonyl (C=O) groups is 1. The van der Waals surface area contributed by atoms with E-state index >= 15 is 0 Å². The van der Waals surface area contributed by atoms with Gasteiger partial charge in [-0.05, 0) is 38.5 Å². The monoisotopic (exact) mass is 367 g/mol. The van der Waals surface area contributed by atoms with Gasteiger partial charge in [-0.1, -0.05) is 59.3 Å². The number of carbonyl (C=O) groups excluding carboxylic acids is 1. The van der Waals surface area contributed by atoms with Gasteiger partial charge in [0, 0.05) is 12.1 Å². The van der Waals surface area contributed by atoms with E-state index in [1.165, 1.54) is 22.9 Å². The predicted molar refractivity (Wildman–Crippen MR) is 103 cm³/mol. The number of aromatic nitrogens is 2. The van der Waals surface area contributed by atoms with Gasteiger partial charge in [0.1, 0.15) is 0 Å². The van der Waals surface area contributed by atoms with Gasteiger partial charge in [0.25, 0.3) is 5.22 Å². The van der Waals surface area contributed by atoms with Crippen LogP contribution in [0.25, 0.3) is 11.5 Å². The molecular weight excluding hydrogens is 346 g/mol. The molecule has 3 rings (SSSR count). The number of aryl methyl sites for hydroxylation is 2. The molecule has 1 N–H and O–H groups in total. The summed E-state index contributed by atoms with van der Waals surface area (Å²) in [4.78, 5) is 12.3. The molecule has 0 saturated carbocycles. The highest BCUT2D eigenvalue weighted by Gasteiger charge is 2.18. The Morgan fingerprint density at radius 3 is 2.31 bits per heavy atom. The maximum atomic E-state index is 12.3. The SMILES string of the molecule is Cc1ccc(CNC(=O)C(C)Sc2nnc(-c3ccc(C)cc3)o2)cc1. The van der Waals surface area contributed by atoms with Crippen LogP contribution >= 0.6 is 11.8 Å². The summed E-state index contributed by atoms with van der Waals surface area (Å²) in [5, 5.41) is 11.1. The molecule has 134 valence electrons. The molecule has 1 atom stereocenters. The highest BCUT2D eigenvalue weighted by Crippen LogP contribution is 2.26. The van der Waals surface area contributed by atoms with Gasteiger partial charge in [-0.3, -0.25) is 4.79 Å². The zero-order chi connectivity index (χ0) is 18.5. The Balaban J connectivity index is 1.55. The number of hydrogen-bond donors (Lipinski definition) is 1. The summed E-state index contributed by atoms with van der Waals surface area (Å²) in [5.41, 5.74) is 4.30. The van der Waals surface area contributed by atoms with Crippen molar-refractivity contribution in [2.24, 2.45) is 0 Å². The number of rotatable bonds is 6. The average Bonchev–Trinajstić information content (AvgIpc) is 3.10. The summed E-state index contributed by atoms with van der Waals surface area (Å²) in [6.45, 7) is 6.39. The number of nitrogens with one attached hydrogen (secondary N) is 1. The van der Waals surface area contributed by atoms with E-state index in [0.29, 0.717) is 17.7 Å². The zero-order valence-corrected chi connectivity index (χ0v) is 15.8. The van der Waals surface area contributed by atoms with Crippen molar-refractivity contribution >= 4 is 17.7 Å². The molecule has 1 unspecified atom stereocenters. The van der Waals surface area contributed by atoms with E-state index in [9.17, 15) is 4.79 Å². The van der Waals surface area contributed by atoms with Crippen molar-refractivity contribution in [1.29, 1.82) is 0 Å². The van der Waals surface area contributed by atoms with E-state index in [-0.39, 0.29) is 11.2 Å². The van der Waals surface area contributed by atoms with Gasteiger partial charge in [-0.25, -0.2) is 0 Å². The zero-order valence-electron chi connectivity index (χ0n) is 15.0. The molecule has 0 aliphatic carbocycles. The minimum atomic E-state index is -0.327. The Morgan fingerprint density at radius 1 is 1.04 bits per heavy atom. The Morgan fingerprint density at radius 2 is 1.65 bits per heavy atom. The molecule has 6 heteroatoms. The predicted octanol–water partition coefficient (Wildman–Crippen LogP) is 4.15. The summed E-state index contributed by atoms with van der Waals surface area (Å²) in [6.07, 6.45) is 0. The van der Waals surface area contributed by atoms with Crippen LogP contribution in [-0.4, -0.2) is 21.4 Å². The van der Waals surface area contributed by atoms with Gasteiger partial charge in [0.15, 0.2) is 0 Å². The van der Waals surface area contributed by atoms with Crippen LogP contribution in [0.15, 0.2) is 58.2 Å². The second-order valence-electron chi connectivity index (χ2n) is 6.20. The first kappa shape index (κ1) is 18.2. The standard InChI is InChI=1S/C20H21N3O2S/c1-13-4-8-16(9-5-13)12-21-18(24)15(3)26-20-23-22-19(25-20)17-10-6-14(2)7-11-17/h4-11,15H,12H2,1-3H3,(H,21,24). The smallest absolute Gasteiger partial charge is 0.277 e. The summed E-state index contributed by atoms with van der Waals surface area (Å²) in [7, 11) is 0. The van der Waals surface area contributed by atoms with Crippen molar-refractivity contribution in [3.63, 3.8) is 0 Å². The van der Waals surface area contributed by atoms with E-state index in [1.807, 2.05) is 69.3 Å². The number of hydrogen-bond acceptors (Lipinski definition) is 5. The molecule has 26 heavy (non-hydrogen) atoms. The summed E-state index contributed by atoms with van der Waals surface area (Å²) >= 11 is 1.26. The lowest BCUT2D eigenvalue weighted by atomic mass is 10.1. The minimum Gasteiger partial charge on any atom is -0.411 e. The number of benzene rings is 2. The van der Waals surface area contributed by atoms with Crippen molar-refractivity contribution in [2.75, 3.05) is 0 Å². The van der Waals surface area contributed by atoms with E-state index in [1.54, 1.807) is 0 Å². The molecule has 1 heterocycles. The molecule has 0 bridgehead atoms. The fourth-order valence-electron chi connectivity index (χ4n) is 2.31. The molecule has 0 radical (unpaired) electrons. The average molecular weight is 367 g/mol. The minimum absolute atomic E-state index is 0.0642. The van der Waals surface area contributed by atoms with E-state index in [2.05, 4.69) is 15.5 Å². The highest BCUT2D eigenvalue weighted by atomic mass is 32.2. The molecule has 1 aromatic heterocycles. The number of thioether (sulfide) groups is 1. The second-order valence-corrected chi connectivity index (χ2v) is 7.49. The molecule has 0 aliphatic heterocycles. The molecule has 1 amide bonds. The largest absolute Gasteiger partial charge is 0.411 e. The fourth-order valence-corrected chi connectivity index (χ4v) is 3.02. The summed E-state index contributed by atoms with van der Waals surface area (Å²) < 4.78 is 5.67. The highest BCUT2D eigenvalue weighted by molar-refractivity contribution is 8.00. The third kappa shape index (κ3) is 4.73. The molecule has 5 nitrogen and oxygen atoms in total. The Hall–Kier alpha value is -2.60. The van der Waals surface area contributed by atoms with Gasteiger partial charge in [0.2, 0.25) is 11.8 Å². The molecule has 0 fully saturated rings. The Kier molecular flexibility index (Phi) is 5.73. The van der Waals surface area contributed by atoms with Crippen LogP contribution in [-0.2, 0) is 11.3 Å². The first-order valence-corrected chi connectivity index (χ1v) is 9.29. The lowest BCUT2D eigenvalue weighted by Gasteiger charge is -2.10.